The van der Waals surface area contributed by atoms with Crippen molar-refractivity contribution < 1.29 is 5.11 Å². The lowest BCUT2D eigenvalue weighted by Gasteiger charge is -2.23. The van der Waals surface area contributed by atoms with Gasteiger partial charge in [0.05, 0.1) is 6.10 Å². The number of aliphatic hydroxyl groups excluding tert-OH is 1. The molecule has 2 aliphatic carbocycles. The van der Waals surface area contributed by atoms with E-state index < -0.39 is 0 Å². The highest BCUT2D eigenvalue weighted by Gasteiger charge is 2.41. The van der Waals surface area contributed by atoms with Gasteiger partial charge in [0.25, 0.3) is 0 Å². The zero-order valence-corrected chi connectivity index (χ0v) is 6.29. The van der Waals surface area contributed by atoms with Crippen LogP contribution in [0.1, 0.15) is 25.7 Å². The summed E-state index contributed by atoms with van der Waals surface area (Å²) in [5.41, 5.74) is 0. The van der Waals surface area contributed by atoms with E-state index in [0.29, 0.717) is 5.92 Å². The molecule has 10 heavy (non-hydrogen) atoms. The van der Waals surface area contributed by atoms with Crippen LogP contribution in [0.25, 0.3) is 0 Å². The predicted molar refractivity (Wildman–Crippen MR) is 40.3 cm³/mol. The number of aliphatic hydroxyl groups is 1. The summed E-state index contributed by atoms with van der Waals surface area (Å²) in [6, 6.07) is 0. The Morgan fingerprint density at radius 2 is 2.10 bits per heavy atom. The van der Waals surface area contributed by atoms with E-state index in [9.17, 15) is 5.11 Å². The van der Waals surface area contributed by atoms with Crippen molar-refractivity contribution in [1.29, 1.82) is 0 Å². The van der Waals surface area contributed by atoms with E-state index >= 15 is 0 Å². The molecule has 2 rings (SSSR count). The summed E-state index contributed by atoms with van der Waals surface area (Å²) in [5, 5.41) is 9.26. The Morgan fingerprint density at radius 1 is 1.30 bits per heavy atom. The Balaban J connectivity index is 2.02. The molecule has 2 saturated carbocycles. The van der Waals surface area contributed by atoms with Gasteiger partial charge in [-0.1, -0.05) is 6.42 Å². The molecule has 2 fully saturated rings. The van der Waals surface area contributed by atoms with Gasteiger partial charge in [0.1, 0.15) is 0 Å². The van der Waals surface area contributed by atoms with Gasteiger partial charge in [-0.3, -0.25) is 0 Å². The molecule has 1 heteroatoms. The molecule has 0 amide bonds. The summed E-state index contributed by atoms with van der Waals surface area (Å²) in [6.07, 6.45) is 5.08. The van der Waals surface area contributed by atoms with Crippen molar-refractivity contribution in [2.75, 3.05) is 0 Å². The molecule has 0 heterocycles. The molecule has 0 aromatic carbocycles. The molecule has 0 aliphatic heterocycles. The van der Waals surface area contributed by atoms with Crippen LogP contribution in [-0.4, -0.2) is 11.2 Å². The first-order valence-corrected chi connectivity index (χ1v) is 4.28. The quantitative estimate of drug-likeness (QED) is 0.585. The Kier molecular flexibility index (Phi) is 1.48. The first kappa shape index (κ1) is 6.66. The molecule has 4 atom stereocenters. The van der Waals surface area contributed by atoms with Gasteiger partial charge in [-0.2, -0.15) is 0 Å². The van der Waals surface area contributed by atoms with Crippen LogP contribution in [0.3, 0.4) is 0 Å². The zero-order valence-electron chi connectivity index (χ0n) is 6.29. The Morgan fingerprint density at radius 3 is 2.40 bits per heavy atom. The van der Waals surface area contributed by atoms with Crippen molar-refractivity contribution in [1.82, 2.24) is 0 Å². The maximum absolute atomic E-state index is 9.26. The van der Waals surface area contributed by atoms with Crippen LogP contribution in [0.4, 0.5) is 0 Å². The van der Waals surface area contributed by atoms with Gasteiger partial charge in [0.15, 0.2) is 0 Å². The topological polar surface area (TPSA) is 20.2 Å². The van der Waals surface area contributed by atoms with E-state index in [0.717, 1.165) is 11.8 Å². The average molecular weight is 139 g/mol. The zero-order chi connectivity index (χ0) is 7.14. The fourth-order valence-corrected chi connectivity index (χ4v) is 2.77. The number of hydrogen-bond donors (Lipinski definition) is 1. The van der Waals surface area contributed by atoms with Crippen molar-refractivity contribution in [3.05, 3.63) is 6.92 Å². The minimum atomic E-state index is -0.296. The van der Waals surface area contributed by atoms with Crippen LogP contribution < -0.4 is 0 Å². The second kappa shape index (κ2) is 2.23. The third-order valence-corrected chi connectivity index (χ3v) is 3.29. The molecule has 1 N–H and O–H groups in total. The summed E-state index contributed by atoms with van der Waals surface area (Å²) < 4.78 is 0. The number of rotatable bonds is 1. The molecule has 1 radical (unpaired) electrons. The summed E-state index contributed by atoms with van der Waals surface area (Å²) >= 11 is 0. The molecule has 2 aliphatic rings. The fourth-order valence-electron chi connectivity index (χ4n) is 2.77. The molecule has 0 saturated heterocycles. The van der Waals surface area contributed by atoms with E-state index in [-0.39, 0.29) is 6.10 Å². The van der Waals surface area contributed by atoms with Gasteiger partial charge in [-0.15, -0.1) is 0 Å². The van der Waals surface area contributed by atoms with Crippen LogP contribution in [0.15, 0.2) is 0 Å². The lowest BCUT2D eigenvalue weighted by Crippen LogP contribution is -2.22. The first-order valence-electron chi connectivity index (χ1n) is 4.28. The van der Waals surface area contributed by atoms with Crippen molar-refractivity contribution in [3.63, 3.8) is 0 Å². The molecule has 0 aromatic heterocycles. The Bertz CT molecular complexity index is 131. The molecule has 4 unspecified atom stereocenters. The van der Waals surface area contributed by atoms with E-state index in [1.54, 1.807) is 0 Å². The van der Waals surface area contributed by atoms with Crippen LogP contribution in [0.2, 0.25) is 0 Å². The highest BCUT2D eigenvalue weighted by Crippen LogP contribution is 2.49. The SMILES string of the molecule is [CH2]C(O)C1CC2CCC1C2. The van der Waals surface area contributed by atoms with E-state index in [4.69, 9.17) is 0 Å². The van der Waals surface area contributed by atoms with Crippen LogP contribution in [0, 0.1) is 24.7 Å². The highest BCUT2D eigenvalue weighted by molar-refractivity contribution is 4.93. The van der Waals surface area contributed by atoms with Crippen LogP contribution in [0.5, 0.6) is 0 Å². The molecular formula is C9H15O. The van der Waals surface area contributed by atoms with Crippen LogP contribution >= 0.6 is 0 Å². The lowest BCUT2D eigenvalue weighted by molar-refractivity contribution is 0.112. The first-order chi connectivity index (χ1) is 4.77. The van der Waals surface area contributed by atoms with Crippen molar-refractivity contribution in [2.45, 2.75) is 31.8 Å². The lowest BCUT2D eigenvalue weighted by atomic mass is 9.85. The second-order valence-corrected chi connectivity index (χ2v) is 3.91. The normalized spacial score (nSPS) is 48.0. The summed E-state index contributed by atoms with van der Waals surface area (Å²) in [5.74, 6) is 2.29. The van der Waals surface area contributed by atoms with Gasteiger partial charge >= 0.3 is 0 Å². The number of hydrogen-bond acceptors (Lipinski definition) is 1. The molecule has 57 valence electrons. The highest BCUT2D eigenvalue weighted by atomic mass is 16.3. The standard InChI is InChI=1S/C9H15O/c1-6(10)9-5-7-2-3-8(9)4-7/h6-10H,1-5H2. The minimum absolute atomic E-state index is 0.296. The smallest absolute Gasteiger partial charge is 0.0572 e. The predicted octanol–water partition coefficient (Wildman–Crippen LogP) is 1.62. The molecular weight excluding hydrogens is 124 g/mol. The third kappa shape index (κ3) is 0.878. The second-order valence-electron chi connectivity index (χ2n) is 3.91. The summed E-state index contributed by atoms with van der Waals surface area (Å²) in [7, 11) is 0. The average Bonchev–Trinajstić information content (AvgIpc) is 2.44. The van der Waals surface area contributed by atoms with Crippen molar-refractivity contribution in [2.24, 2.45) is 17.8 Å². The minimum Gasteiger partial charge on any atom is -0.393 e. The monoisotopic (exact) mass is 139 g/mol. The maximum Gasteiger partial charge on any atom is 0.0572 e. The summed E-state index contributed by atoms with van der Waals surface area (Å²) in [4.78, 5) is 0. The van der Waals surface area contributed by atoms with Crippen molar-refractivity contribution >= 4 is 0 Å². The molecule has 2 bridgehead atoms. The van der Waals surface area contributed by atoms with E-state index in [1.165, 1.54) is 25.7 Å². The third-order valence-electron chi connectivity index (χ3n) is 3.29. The van der Waals surface area contributed by atoms with Gasteiger partial charge in [-0.25, -0.2) is 0 Å². The Hall–Kier alpha value is -0.0400. The van der Waals surface area contributed by atoms with Gasteiger partial charge in [-0.05, 0) is 43.9 Å². The van der Waals surface area contributed by atoms with Gasteiger partial charge in [0.2, 0.25) is 0 Å². The van der Waals surface area contributed by atoms with E-state index in [1.807, 2.05) is 0 Å². The van der Waals surface area contributed by atoms with E-state index in [2.05, 4.69) is 6.92 Å². The summed E-state index contributed by atoms with van der Waals surface area (Å²) in [6.45, 7) is 3.69. The van der Waals surface area contributed by atoms with Crippen LogP contribution in [-0.2, 0) is 0 Å². The fraction of sp³-hybridized carbons (Fsp3) is 0.889. The maximum atomic E-state index is 9.26. The largest absolute Gasteiger partial charge is 0.393 e. The molecule has 1 nitrogen and oxygen atoms in total. The van der Waals surface area contributed by atoms with Gasteiger partial charge < -0.3 is 5.11 Å². The van der Waals surface area contributed by atoms with Crippen molar-refractivity contribution in [3.8, 4) is 0 Å². The number of fused-ring (bicyclic) bond motifs is 2. The Labute approximate surface area is 62.4 Å². The molecule has 0 aromatic rings. The van der Waals surface area contributed by atoms with Gasteiger partial charge in [0, 0.05) is 0 Å². The molecule has 0 spiro atoms.